The first-order chi connectivity index (χ1) is 9.96. The van der Waals surface area contributed by atoms with Gasteiger partial charge in [-0.25, -0.2) is 8.42 Å². The zero-order chi connectivity index (χ0) is 15.5. The lowest BCUT2D eigenvalue weighted by molar-refractivity contribution is 0.443. The zero-order valence-corrected chi connectivity index (χ0v) is 14.6. The monoisotopic (exact) mass is 328 g/mol. The van der Waals surface area contributed by atoms with Gasteiger partial charge >= 0.3 is 0 Å². The first-order valence-electron chi connectivity index (χ1n) is 7.35. The van der Waals surface area contributed by atoms with Crippen LogP contribution >= 0.6 is 11.8 Å². The fraction of sp³-hybridized carbons (Fsp3) is 0.600. The predicted octanol–water partition coefficient (Wildman–Crippen LogP) is 2.15. The number of aryl methyl sites for hydroxylation is 1. The third-order valence-corrected chi connectivity index (χ3v) is 6.81. The summed E-state index contributed by atoms with van der Waals surface area (Å²) >= 11 is 1.82. The molecule has 6 heteroatoms. The summed E-state index contributed by atoms with van der Waals surface area (Å²) in [6.07, 6.45) is 0. The molecule has 1 aliphatic rings. The van der Waals surface area contributed by atoms with Crippen LogP contribution < -0.4 is 5.32 Å². The summed E-state index contributed by atoms with van der Waals surface area (Å²) in [6.45, 7) is 8.73. The van der Waals surface area contributed by atoms with Crippen molar-refractivity contribution in [1.29, 1.82) is 0 Å². The van der Waals surface area contributed by atoms with Crippen LogP contribution in [0.3, 0.4) is 0 Å². The van der Waals surface area contributed by atoms with Gasteiger partial charge in [0.2, 0.25) is 10.0 Å². The van der Waals surface area contributed by atoms with Crippen LogP contribution in [-0.2, 0) is 16.6 Å². The van der Waals surface area contributed by atoms with Crippen molar-refractivity contribution in [2.75, 3.05) is 31.1 Å². The summed E-state index contributed by atoms with van der Waals surface area (Å²) in [5.41, 5.74) is 2.94. The third kappa shape index (κ3) is 3.80. The molecule has 1 aliphatic heterocycles. The molecule has 1 heterocycles. The molecule has 0 bridgehead atoms. The molecule has 2 rings (SSSR count). The second-order valence-corrected chi connectivity index (χ2v) is 8.46. The maximum atomic E-state index is 12.9. The summed E-state index contributed by atoms with van der Waals surface area (Å²) in [4.78, 5) is 0.474. The Hall–Kier alpha value is -0.560. The number of thioether (sulfide) groups is 1. The maximum absolute atomic E-state index is 12.9. The van der Waals surface area contributed by atoms with E-state index in [0.29, 0.717) is 24.5 Å². The molecule has 1 fully saturated rings. The van der Waals surface area contributed by atoms with Gasteiger partial charge in [0.05, 0.1) is 4.90 Å². The van der Waals surface area contributed by atoms with Crippen molar-refractivity contribution in [2.24, 2.45) is 0 Å². The van der Waals surface area contributed by atoms with Crippen LogP contribution in [0.25, 0.3) is 0 Å². The number of benzene rings is 1. The van der Waals surface area contributed by atoms with Gasteiger partial charge in [0.15, 0.2) is 0 Å². The molecule has 0 radical (unpaired) electrons. The molecule has 0 spiro atoms. The Bertz CT molecular complexity index is 594. The van der Waals surface area contributed by atoms with E-state index in [9.17, 15) is 8.42 Å². The molecule has 21 heavy (non-hydrogen) atoms. The van der Waals surface area contributed by atoms with Gasteiger partial charge in [0.25, 0.3) is 0 Å². The van der Waals surface area contributed by atoms with Gasteiger partial charge in [-0.2, -0.15) is 16.1 Å². The molecule has 0 atom stereocenters. The average Bonchev–Trinajstić information content (AvgIpc) is 2.49. The topological polar surface area (TPSA) is 49.4 Å². The molecule has 0 unspecified atom stereocenters. The van der Waals surface area contributed by atoms with E-state index in [2.05, 4.69) is 11.4 Å². The van der Waals surface area contributed by atoms with Crippen LogP contribution in [0.15, 0.2) is 17.0 Å². The van der Waals surface area contributed by atoms with E-state index >= 15 is 0 Å². The van der Waals surface area contributed by atoms with Crippen LogP contribution in [0.2, 0.25) is 0 Å². The second kappa shape index (κ2) is 7.13. The molecule has 0 saturated carbocycles. The molecule has 1 aromatic rings. The van der Waals surface area contributed by atoms with Gasteiger partial charge in [-0.15, -0.1) is 0 Å². The minimum Gasteiger partial charge on any atom is -0.313 e. The normalized spacial score (nSPS) is 17.1. The Morgan fingerprint density at radius 1 is 1.24 bits per heavy atom. The fourth-order valence-corrected chi connectivity index (χ4v) is 5.39. The molecule has 4 nitrogen and oxygen atoms in total. The molecule has 0 aliphatic carbocycles. The molecule has 1 aromatic carbocycles. The van der Waals surface area contributed by atoms with Gasteiger partial charge in [-0.3, -0.25) is 0 Å². The highest BCUT2D eigenvalue weighted by Gasteiger charge is 2.28. The lowest BCUT2D eigenvalue weighted by Gasteiger charge is -2.27. The summed E-state index contributed by atoms with van der Waals surface area (Å²) < 4.78 is 27.4. The van der Waals surface area contributed by atoms with Crippen molar-refractivity contribution < 1.29 is 8.42 Å². The Labute approximate surface area is 132 Å². The minimum atomic E-state index is -3.37. The molecule has 0 aromatic heterocycles. The number of hydrogen-bond acceptors (Lipinski definition) is 4. The number of nitrogens with zero attached hydrogens (tertiary/aromatic N) is 1. The van der Waals surface area contributed by atoms with Crippen molar-refractivity contribution in [2.45, 2.75) is 32.2 Å². The quantitative estimate of drug-likeness (QED) is 0.900. The van der Waals surface area contributed by atoms with Crippen molar-refractivity contribution in [1.82, 2.24) is 9.62 Å². The van der Waals surface area contributed by atoms with Gasteiger partial charge in [0.1, 0.15) is 0 Å². The number of nitrogens with one attached hydrogen (secondary N) is 1. The molecular formula is C15H24N2O2S2. The van der Waals surface area contributed by atoms with Crippen molar-refractivity contribution in [3.63, 3.8) is 0 Å². The standard InChI is InChI=1S/C15H24N2O2S2/c1-4-16-11-14-9-12(2)13(3)15(10-14)21(18,19)17-5-7-20-8-6-17/h9-10,16H,4-8,11H2,1-3H3. The Morgan fingerprint density at radius 2 is 1.90 bits per heavy atom. The number of sulfonamides is 1. The van der Waals surface area contributed by atoms with E-state index in [0.717, 1.165) is 34.7 Å². The molecule has 0 amide bonds. The van der Waals surface area contributed by atoms with Crippen molar-refractivity contribution >= 4 is 21.8 Å². The minimum absolute atomic E-state index is 0.474. The van der Waals surface area contributed by atoms with E-state index in [1.54, 1.807) is 4.31 Å². The van der Waals surface area contributed by atoms with Crippen LogP contribution in [0.4, 0.5) is 0 Å². The third-order valence-electron chi connectivity index (χ3n) is 3.85. The summed E-state index contributed by atoms with van der Waals surface area (Å²) in [6, 6.07) is 3.91. The first-order valence-corrected chi connectivity index (χ1v) is 9.95. The largest absolute Gasteiger partial charge is 0.313 e. The second-order valence-electron chi connectivity index (χ2n) is 5.33. The zero-order valence-electron chi connectivity index (χ0n) is 13.0. The van der Waals surface area contributed by atoms with Gasteiger partial charge in [-0.05, 0) is 43.1 Å². The SMILES string of the molecule is CCNCc1cc(C)c(C)c(S(=O)(=O)N2CCSCC2)c1. The lowest BCUT2D eigenvalue weighted by Crippen LogP contribution is -2.38. The molecular weight excluding hydrogens is 304 g/mol. The average molecular weight is 329 g/mol. The molecule has 1 N–H and O–H groups in total. The van der Waals surface area contributed by atoms with Gasteiger partial charge in [0, 0.05) is 31.1 Å². The van der Waals surface area contributed by atoms with Crippen molar-refractivity contribution in [3.05, 3.63) is 28.8 Å². The van der Waals surface area contributed by atoms with Gasteiger partial charge < -0.3 is 5.32 Å². The van der Waals surface area contributed by atoms with E-state index in [4.69, 9.17) is 0 Å². The maximum Gasteiger partial charge on any atom is 0.243 e. The highest BCUT2D eigenvalue weighted by Crippen LogP contribution is 2.26. The van der Waals surface area contributed by atoms with E-state index in [1.165, 1.54) is 0 Å². The van der Waals surface area contributed by atoms with Crippen LogP contribution in [0.1, 0.15) is 23.6 Å². The van der Waals surface area contributed by atoms with E-state index < -0.39 is 10.0 Å². The number of rotatable bonds is 5. The van der Waals surface area contributed by atoms with Crippen LogP contribution in [-0.4, -0.2) is 43.9 Å². The molecule has 1 saturated heterocycles. The fourth-order valence-electron chi connectivity index (χ4n) is 2.46. The Kier molecular flexibility index (Phi) is 5.71. The highest BCUT2D eigenvalue weighted by molar-refractivity contribution is 7.99. The van der Waals surface area contributed by atoms with Gasteiger partial charge in [-0.1, -0.05) is 13.0 Å². The summed E-state index contributed by atoms with van der Waals surface area (Å²) in [5, 5.41) is 3.26. The summed E-state index contributed by atoms with van der Waals surface area (Å²) in [5.74, 6) is 1.77. The van der Waals surface area contributed by atoms with E-state index in [1.807, 2.05) is 38.6 Å². The molecule has 118 valence electrons. The van der Waals surface area contributed by atoms with Crippen LogP contribution in [0.5, 0.6) is 0 Å². The first kappa shape index (κ1) is 16.8. The predicted molar refractivity (Wildman–Crippen MR) is 89.4 cm³/mol. The highest BCUT2D eigenvalue weighted by atomic mass is 32.2. The van der Waals surface area contributed by atoms with Crippen LogP contribution in [0, 0.1) is 13.8 Å². The Morgan fingerprint density at radius 3 is 2.52 bits per heavy atom. The summed E-state index contributed by atoms with van der Waals surface area (Å²) in [7, 11) is -3.37. The van der Waals surface area contributed by atoms with E-state index in [-0.39, 0.29) is 0 Å². The number of hydrogen-bond donors (Lipinski definition) is 1. The lowest BCUT2D eigenvalue weighted by atomic mass is 10.1. The smallest absolute Gasteiger partial charge is 0.243 e. The van der Waals surface area contributed by atoms with Crippen molar-refractivity contribution in [3.8, 4) is 0 Å². The Balaban J connectivity index is 2.38.